The molecule has 0 atom stereocenters. The Morgan fingerprint density at radius 1 is 1.07 bits per heavy atom. The van der Waals surface area contributed by atoms with Crippen molar-refractivity contribution in [3.05, 3.63) is 0 Å². The minimum Gasteiger partial charge on any atom is -0.330 e. The van der Waals surface area contributed by atoms with E-state index in [0.717, 1.165) is 18.5 Å². The second-order valence-electron chi connectivity index (χ2n) is 4.70. The summed E-state index contributed by atoms with van der Waals surface area (Å²) < 4.78 is 0. The van der Waals surface area contributed by atoms with Crippen LogP contribution in [-0.4, -0.2) is 43.7 Å². The van der Waals surface area contributed by atoms with Crippen LogP contribution in [0.2, 0.25) is 0 Å². The summed E-state index contributed by atoms with van der Waals surface area (Å²) in [6, 6.07) is 0.861. The molecule has 0 unspecified atom stereocenters. The van der Waals surface area contributed by atoms with Crippen LogP contribution in [0.3, 0.4) is 0 Å². The zero-order chi connectivity index (χ0) is 9.80. The van der Waals surface area contributed by atoms with Gasteiger partial charge in [-0.3, -0.25) is 4.90 Å². The Morgan fingerprint density at radius 3 is 2.29 bits per heavy atom. The lowest BCUT2D eigenvalue weighted by Crippen LogP contribution is -2.49. The van der Waals surface area contributed by atoms with E-state index in [4.69, 9.17) is 5.73 Å². The van der Waals surface area contributed by atoms with Crippen molar-refractivity contribution in [3.8, 4) is 0 Å². The first-order valence-electron chi connectivity index (χ1n) is 6.05. The Kier molecular flexibility index (Phi) is 3.79. The quantitative estimate of drug-likeness (QED) is 0.674. The minimum absolute atomic E-state index is 0.814. The number of nitrogens with zero attached hydrogens (tertiary/aromatic N) is 1. The van der Waals surface area contributed by atoms with Crippen molar-refractivity contribution in [2.24, 2.45) is 11.7 Å². The molecule has 3 nitrogen and oxygen atoms in total. The Morgan fingerprint density at radius 2 is 1.71 bits per heavy atom. The highest BCUT2D eigenvalue weighted by Gasteiger charge is 2.25. The zero-order valence-corrected chi connectivity index (χ0v) is 9.04. The van der Waals surface area contributed by atoms with E-state index in [1.807, 2.05) is 0 Å². The molecule has 0 aromatic carbocycles. The summed E-state index contributed by atoms with van der Waals surface area (Å²) >= 11 is 0. The van der Waals surface area contributed by atoms with E-state index < -0.39 is 0 Å². The molecule has 2 rings (SSSR count). The maximum atomic E-state index is 5.70. The van der Waals surface area contributed by atoms with E-state index in [1.54, 1.807) is 0 Å². The lowest BCUT2D eigenvalue weighted by atomic mass is 9.85. The molecule has 1 saturated heterocycles. The average molecular weight is 197 g/mol. The predicted molar refractivity (Wildman–Crippen MR) is 59.2 cm³/mol. The Labute approximate surface area is 87.0 Å². The van der Waals surface area contributed by atoms with Crippen LogP contribution < -0.4 is 11.1 Å². The smallest absolute Gasteiger partial charge is 0.0110 e. The molecule has 0 aromatic rings. The Hall–Kier alpha value is -0.120. The zero-order valence-electron chi connectivity index (χ0n) is 9.04. The van der Waals surface area contributed by atoms with Crippen LogP contribution in [0.1, 0.15) is 25.7 Å². The largest absolute Gasteiger partial charge is 0.330 e. The molecule has 0 amide bonds. The summed E-state index contributed by atoms with van der Waals surface area (Å²) in [7, 11) is 0. The van der Waals surface area contributed by atoms with Gasteiger partial charge in [0.2, 0.25) is 0 Å². The van der Waals surface area contributed by atoms with Crippen LogP contribution in [0.4, 0.5) is 0 Å². The van der Waals surface area contributed by atoms with Gasteiger partial charge in [-0.2, -0.15) is 0 Å². The molecule has 3 N–H and O–H groups in total. The van der Waals surface area contributed by atoms with Gasteiger partial charge in [0, 0.05) is 32.2 Å². The number of hydrogen-bond acceptors (Lipinski definition) is 3. The molecule has 1 heterocycles. The van der Waals surface area contributed by atoms with Crippen molar-refractivity contribution >= 4 is 0 Å². The van der Waals surface area contributed by atoms with E-state index in [1.165, 1.54) is 51.9 Å². The summed E-state index contributed by atoms with van der Waals surface area (Å²) in [5.74, 6) is 0.814. The van der Waals surface area contributed by atoms with Crippen molar-refractivity contribution in [3.63, 3.8) is 0 Å². The molecule has 3 heteroatoms. The highest BCUT2D eigenvalue weighted by Crippen LogP contribution is 2.26. The lowest BCUT2D eigenvalue weighted by Gasteiger charge is -2.38. The first-order valence-corrected chi connectivity index (χ1v) is 6.05. The van der Waals surface area contributed by atoms with E-state index in [9.17, 15) is 0 Å². The fourth-order valence-corrected chi connectivity index (χ4v) is 2.79. The Balaban J connectivity index is 1.76. The van der Waals surface area contributed by atoms with Crippen molar-refractivity contribution < 1.29 is 0 Å². The summed E-state index contributed by atoms with van der Waals surface area (Å²) in [6.07, 6.45) is 5.46. The van der Waals surface area contributed by atoms with Gasteiger partial charge in [-0.15, -0.1) is 0 Å². The monoisotopic (exact) mass is 197 g/mol. The van der Waals surface area contributed by atoms with Gasteiger partial charge in [0.25, 0.3) is 0 Å². The third-order valence-electron chi connectivity index (χ3n) is 3.82. The highest BCUT2D eigenvalue weighted by atomic mass is 15.2. The highest BCUT2D eigenvalue weighted by molar-refractivity contribution is 4.82. The first-order chi connectivity index (χ1) is 6.90. The summed E-state index contributed by atoms with van der Waals surface area (Å²) in [4.78, 5) is 2.67. The fourth-order valence-electron chi connectivity index (χ4n) is 2.79. The molecular weight excluding hydrogens is 174 g/mol. The average Bonchev–Trinajstić information content (AvgIpc) is 2.30. The van der Waals surface area contributed by atoms with Crippen LogP contribution in [-0.2, 0) is 0 Å². The normalized spacial score (nSPS) is 35.8. The van der Waals surface area contributed by atoms with Gasteiger partial charge in [0.15, 0.2) is 0 Å². The van der Waals surface area contributed by atoms with Crippen LogP contribution in [0.15, 0.2) is 0 Å². The molecule has 0 radical (unpaired) electrons. The van der Waals surface area contributed by atoms with Crippen LogP contribution in [0.5, 0.6) is 0 Å². The van der Waals surface area contributed by atoms with Gasteiger partial charge in [-0.25, -0.2) is 0 Å². The van der Waals surface area contributed by atoms with Crippen LogP contribution in [0, 0.1) is 5.92 Å². The second-order valence-corrected chi connectivity index (χ2v) is 4.70. The van der Waals surface area contributed by atoms with Crippen molar-refractivity contribution in [1.82, 2.24) is 10.2 Å². The molecule has 2 fully saturated rings. The van der Waals surface area contributed by atoms with Gasteiger partial charge in [0.1, 0.15) is 0 Å². The number of hydrogen-bond donors (Lipinski definition) is 2. The maximum absolute atomic E-state index is 5.70. The molecule has 0 aromatic heterocycles. The third-order valence-corrected chi connectivity index (χ3v) is 3.82. The van der Waals surface area contributed by atoms with Crippen LogP contribution in [0.25, 0.3) is 0 Å². The van der Waals surface area contributed by atoms with E-state index in [2.05, 4.69) is 10.2 Å². The molecular formula is C11H23N3. The topological polar surface area (TPSA) is 41.3 Å². The van der Waals surface area contributed by atoms with Crippen molar-refractivity contribution in [1.29, 1.82) is 0 Å². The number of piperazine rings is 1. The third kappa shape index (κ3) is 2.47. The molecule has 0 bridgehead atoms. The summed E-state index contributed by atoms with van der Waals surface area (Å²) in [5.41, 5.74) is 5.70. The molecule has 1 aliphatic carbocycles. The predicted octanol–water partition coefficient (Wildman–Crippen LogP) is 0.409. The fraction of sp³-hybridized carbons (Fsp3) is 1.00. The first kappa shape index (κ1) is 10.4. The number of nitrogens with one attached hydrogen (secondary N) is 1. The number of rotatable bonds is 2. The van der Waals surface area contributed by atoms with Gasteiger partial charge < -0.3 is 11.1 Å². The van der Waals surface area contributed by atoms with Gasteiger partial charge in [0.05, 0.1) is 0 Å². The molecule has 82 valence electrons. The van der Waals surface area contributed by atoms with E-state index >= 15 is 0 Å². The molecule has 1 aliphatic heterocycles. The van der Waals surface area contributed by atoms with Gasteiger partial charge in [-0.05, 0) is 38.1 Å². The minimum atomic E-state index is 0.814. The summed E-state index contributed by atoms with van der Waals surface area (Å²) in [5, 5.41) is 3.41. The maximum Gasteiger partial charge on any atom is 0.0110 e. The van der Waals surface area contributed by atoms with Gasteiger partial charge in [-0.1, -0.05) is 0 Å². The lowest BCUT2D eigenvalue weighted by molar-refractivity contribution is 0.123. The van der Waals surface area contributed by atoms with Crippen molar-refractivity contribution in [2.75, 3.05) is 32.7 Å². The number of nitrogens with two attached hydrogens (primary N) is 1. The van der Waals surface area contributed by atoms with Gasteiger partial charge >= 0.3 is 0 Å². The van der Waals surface area contributed by atoms with E-state index in [-0.39, 0.29) is 0 Å². The Bertz CT molecular complexity index is 158. The molecule has 2 aliphatic rings. The van der Waals surface area contributed by atoms with Crippen LogP contribution >= 0.6 is 0 Å². The van der Waals surface area contributed by atoms with E-state index in [0.29, 0.717) is 0 Å². The molecule has 14 heavy (non-hydrogen) atoms. The molecule has 1 saturated carbocycles. The summed E-state index contributed by atoms with van der Waals surface area (Å²) in [6.45, 7) is 5.75. The molecule has 0 spiro atoms. The second kappa shape index (κ2) is 5.10. The standard InChI is InChI=1S/C11H23N3/c12-9-10-1-3-11(4-2-10)14-7-5-13-6-8-14/h10-11,13H,1-9,12H2/t10-,11+. The SMILES string of the molecule is NC[C@H]1CC[C@@H](N2CCNCC2)CC1. The van der Waals surface area contributed by atoms with Crippen molar-refractivity contribution in [2.45, 2.75) is 31.7 Å².